The summed E-state index contributed by atoms with van der Waals surface area (Å²) in [4.78, 5) is 11.3. The molecule has 0 aromatic heterocycles. The average molecular weight is 214 g/mol. The minimum Gasteiger partial charge on any atom is -0.377 e. The van der Waals surface area contributed by atoms with Crippen LogP contribution < -0.4 is 10.6 Å². The first-order valence-corrected chi connectivity index (χ1v) is 5.80. The van der Waals surface area contributed by atoms with Crippen molar-refractivity contribution in [1.29, 1.82) is 0 Å². The Morgan fingerprint density at radius 2 is 2.27 bits per heavy atom. The molecule has 88 valence electrons. The van der Waals surface area contributed by atoms with Crippen molar-refractivity contribution < 1.29 is 9.53 Å². The maximum Gasteiger partial charge on any atom is 0.234 e. The second-order valence-electron chi connectivity index (χ2n) is 4.34. The average Bonchev–Trinajstić information content (AvgIpc) is 2.18. The van der Waals surface area contributed by atoms with Gasteiger partial charge in [-0.25, -0.2) is 0 Å². The lowest BCUT2D eigenvalue weighted by Crippen LogP contribution is -2.41. The van der Waals surface area contributed by atoms with Gasteiger partial charge in [-0.2, -0.15) is 0 Å². The number of hydrogen-bond acceptors (Lipinski definition) is 3. The lowest BCUT2D eigenvalue weighted by Gasteiger charge is -2.22. The van der Waals surface area contributed by atoms with Crippen LogP contribution in [0.1, 0.15) is 33.1 Å². The number of carbonyl (C=O) groups is 1. The molecule has 15 heavy (non-hydrogen) atoms. The first-order chi connectivity index (χ1) is 7.18. The smallest absolute Gasteiger partial charge is 0.234 e. The topological polar surface area (TPSA) is 50.4 Å². The Morgan fingerprint density at radius 1 is 1.47 bits per heavy atom. The van der Waals surface area contributed by atoms with Crippen molar-refractivity contribution in [3.05, 3.63) is 0 Å². The van der Waals surface area contributed by atoms with Gasteiger partial charge in [-0.15, -0.1) is 0 Å². The standard InChI is InChI=1S/C11H22N2O2/c1-9(2)13-11(14)8-12-7-10-5-3-4-6-15-10/h9-10,12H,3-8H2,1-2H3,(H,13,14). The molecule has 0 saturated carbocycles. The molecule has 1 fully saturated rings. The number of carbonyl (C=O) groups excluding carboxylic acids is 1. The van der Waals surface area contributed by atoms with E-state index in [0.29, 0.717) is 12.6 Å². The summed E-state index contributed by atoms with van der Waals surface area (Å²) in [5.41, 5.74) is 0. The van der Waals surface area contributed by atoms with Gasteiger partial charge in [-0.1, -0.05) is 0 Å². The van der Waals surface area contributed by atoms with E-state index in [1.54, 1.807) is 0 Å². The number of nitrogens with one attached hydrogen (secondary N) is 2. The molecule has 1 atom stereocenters. The third-order valence-corrected chi connectivity index (χ3v) is 2.38. The van der Waals surface area contributed by atoms with Crippen molar-refractivity contribution in [2.24, 2.45) is 0 Å². The molecule has 0 aromatic rings. The van der Waals surface area contributed by atoms with Crippen LogP contribution >= 0.6 is 0 Å². The van der Waals surface area contributed by atoms with Gasteiger partial charge in [0.1, 0.15) is 0 Å². The minimum absolute atomic E-state index is 0.0563. The molecule has 1 aliphatic rings. The fourth-order valence-corrected chi connectivity index (χ4v) is 1.69. The zero-order valence-electron chi connectivity index (χ0n) is 9.71. The molecule has 0 radical (unpaired) electrons. The molecule has 1 saturated heterocycles. The lowest BCUT2D eigenvalue weighted by atomic mass is 10.1. The molecule has 4 nitrogen and oxygen atoms in total. The van der Waals surface area contributed by atoms with Gasteiger partial charge in [-0.3, -0.25) is 4.79 Å². The Hall–Kier alpha value is -0.610. The van der Waals surface area contributed by atoms with Crippen molar-refractivity contribution in [1.82, 2.24) is 10.6 Å². The van der Waals surface area contributed by atoms with Gasteiger partial charge in [-0.05, 0) is 33.1 Å². The van der Waals surface area contributed by atoms with Crippen LogP contribution in [-0.2, 0) is 9.53 Å². The van der Waals surface area contributed by atoms with Crippen LogP contribution in [0.15, 0.2) is 0 Å². The van der Waals surface area contributed by atoms with Crippen LogP contribution in [0, 0.1) is 0 Å². The Balaban J connectivity index is 2.02. The molecule has 0 aliphatic carbocycles. The van der Waals surface area contributed by atoms with E-state index in [1.807, 2.05) is 13.8 Å². The van der Waals surface area contributed by atoms with E-state index in [0.717, 1.165) is 19.6 Å². The van der Waals surface area contributed by atoms with Gasteiger partial charge in [0.15, 0.2) is 0 Å². The maximum atomic E-state index is 11.3. The zero-order valence-corrected chi connectivity index (χ0v) is 9.71. The third kappa shape index (κ3) is 5.74. The van der Waals surface area contributed by atoms with E-state index in [9.17, 15) is 4.79 Å². The minimum atomic E-state index is 0.0563. The van der Waals surface area contributed by atoms with Crippen LogP contribution in [0.3, 0.4) is 0 Å². The highest BCUT2D eigenvalue weighted by molar-refractivity contribution is 5.78. The van der Waals surface area contributed by atoms with E-state index < -0.39 is 0 Å². The monoisotopic (exact) mass is 214 g/mol. The van der Waals surface area contributed by atoms with Gasteiger partial charge < -0.3 is 15.4 Å². The first kappa shape index (κ1) is 12.5. The van der Waals surface area contributed by atoms with Crippen LogP contribution in [0.2, 0.25) is 0 Å². The quantitative estimate of drug-likeness (QED) is 0.707. The highest BCUT2D eigenvalue weighted by Gasteiger charge is 2.13. The van der Waals surface area contributed by atoms with E-state index in [-0.39, 0.29) is 11.9 Å². The van der Waals surface area contributed by atoms with Crippen LogP contribution in [0.5, 0.6) is 0 Å². The molecule has 2 N–H and O–H groups in total. The second-order valence-corrected chi connectivity index (χ2v) is 4.34. The highest BCUT2D eigenvalue weighted by atomic mass is 16.5. The summed E-state index contributed by atoms with van der Waals surface area (Å²) in [6, 6.07) is 0.213. The summed E-state index contributed by atoms with van der Waals surface area (Å²) < 4.78 is 5.55. The summed E-state index contributed by atoms with van der Waals surface area (Å²) >= 11 is 0. The van der Waals surface area contributed by atoms with E-state index in [1.165, 1.54) is 12.8 Å². The van der Waals surface area contributed by atoms with Gasteiger partial charge in [0, 0.05) is 19.2 Å². The number of amides is 1. The molecular weight excluding hydrogens is 192 g/mol. The summed E-state index contributed by atoms with van der Waals surface area (Å²) in [5, 5.41) is 5.96. The molecule has 0 bridgehead atoms. The van der Waals surface area contributed by atoms with Crippen molar-refractivity contribution in [3.63, 3.8) is 0 Å². The zero-order chi connectivity index (χ0) is 11.1. The summed E-state index contributed by atoms with van der Waals surface area (Å²) in [6.07, 6.45) is 3.82. The van der Waals surface area contributed by atoms with E-state index in [4.69, 9.17) is 4.74 Å². The van der Waals surface area contributed by atoms with Crippen LogP contribution in [-0.4, -0.2) is 37.7 Å². The summed E-state index contributed by atoms with van der Waals surface area (Å²) in [7, 11) is 0. The Bertz CT molecular complexity index is 189. The lowest BCUT2D eigenvalue weighted by molar-refractivity contribution is -0.120. The van der Waals surface area contributed by atoms with Gasteiger partial charge >= 0.3 is 0 Å². The molecule has 1 heterocycles. The SMILES string of the molecule is CC(C)NC(=O)CNCC1CCCCO1. The van der Waals surface area contributed by atoms with Gasteiger partial charge in [0.05, 0.1) is 12.6 Å². The molecule has 1 amide bonds. The molecule has 1 aliphatic heterocycles. The van der Waals surface area contributed by atoms with Gasteiger partial charge in [0.2, 0.25) is 5.91 Å². The second kappa shape index (κ2) is 6.80. The van der Waals surface area contributed by atoms with Crippen LogP contribution in [0.4, 0.5) is 0 Å². The third-order valence-electron chi connectivity index (χ3n) is 2.38. The maximum absolute atomic E-state index is 11.3. The fraction of sp³-hybridized carbons (Fsp3) is 0.909. The largest absolute Gasteiger partial charge is 0.377 e. The Morgan fingerprint density at radius 3 is 2.87 bits per heavy atom. The van der Waals surface area contributed by atoms with Crippen molar-refractivity contribution in [2.45, 2.75) is 45.3 Å². The predicted octanol–water partition coefficient (Wildman–Crippen LogP) is 0.670. The van der Waals surface area contributed by atoms with E-state index in [2.05, 4.69) is 10.6 Å². The molecule has 1 unspecified atom stereocenters. The molecular formula is C11H22N2O2. The fourth-order valence-electron chi connectivity index (χ4n) is 1.69. The molecule has 1 rings (SSSR count). The number of rotatable bonds is 5. The van der Waals surface area contributed by atoms with Crippen LogP contribution in [0.25, 0.3) is 0 Å². The Kier molecular flexibility index (Phi) is 5.65. The van der Waals surface area contributed by atoms with Crippen molar-refractivity contribution in [3.8, 4) is 0 Å². The van der Waals surface area contributed by atoms with Crippen molar-refractivity contribution >= 4 is 5.91 Å². The molecule has 0 spiro atoms. The predicted molar refractivity (Wildman–Crippen MR) is 59.7 cm³/mol. The number of ether oxygens (including phenoxy) is 1. The van der Waals surface area contributed by atoms with Crippen molar-refractivity contribution in [2.75, 3.05) is 19.7 Å². The van der Waals surface area contributed by atoms with Gasteiger partial charge in [0.25, 0.3) is 0 Å². The number of hydrogen-bond donors (Lipinski definition) is 2. The molecule has 4 heteroatoms. The molecule has 0 aromatic carbocycles. The summed E-state index contributed by atoms with van der Waals surface area (Å²) in [6.45, 7) is 5.96. The summed E-state index contributed by atoms with van der Waals surface area (Å²) in [5.74, 6) is 0.0563. The first-order valence-electron chi connectivity index (χ1n) is 5.80. The van der Waals surface area contributed by atoms with E-state index >= 15 is 0 Å². The normalized spacial score (nSPS) is 21.7. The highest BCUT2D eigenvalue weighted by Crippen LogP contribution is 2.11. The Labute approximate surface area is 91.8 Å².